The van der Waals surface area contributed by atoms with Crippen molar-refractivity contribution in [2.45, 2.75) is 40.7 Å². The van der Waals surface area contributed by atoms with Crippen LogP contribution in [-0.2, 0) is 0 Å². The van der Waals surface area contributed by atoms with Crippen LogP contribution in [0.1, 0.15) is 45.3 Å². The van der Waals surface area contributed by atoms with E-state index in [4.69, 9.17) is 4.42 Å². The molecule has 0 saturated heterocycles. The molecule has 1 aromatic heterocycles. The maximum atomic E-state index is 5.55. The largest absolute Gasteiger partial charge is 0.465 e. The van der Waals surface area contributed by atoms with Crippen LogP contribution in [0.2, 0.25) is 0 Å². The molecule has 0 radical (unpaired) electrons. The third-order valence-corrected chi connectivity index (χ3v) is 2.13. The fourth-order valence-corrected chi connectivity index (χ4v) is 1.25. The lowest BCUT2D eigenvalue weighted by molar-refractivity contribution is 0.336. The number of hydrogen-bond acceptors (Lipinski definition) is 2. The Labute approximate surface area is 86.7 Å². The van der Waals surface area contributed by atoms with E-state index in [0.29, 0.717) is 11.5 Å². The van der Waals surface area contributed by atoms with E-state index in [1.54, 1.807) is 0 Å². The fourth-order valence-electron chi connectivity index (χ4n) is 1.25. The Morgan fingerprint density at radius 2 is 2.00 bits per heavy atom. The van der Waals surface area contributed by atoms with Gasteiger partial charge in [0.2, 0.25) is 0 Å². The number of rotatable bonds is 3. The molecule has 2 nitrogen and oxygen atoms in total. The Kier molecular flexibility index (Phi) is 3.38. The minimum absolute atomic E-state index is 0.294. The number of hydrogen-bond donors (Lipinski definition) is 1. The smallest absolute Gasteiger partial charge is 0.120 e. The monoisotopic (exact) mass is 195 g/mol. The molecular formula is C12H21NO. The van der Waals surface area contributed by atoms with E-state index in [1.807, 2.05) is 19.1 Å². The summed E-state index contributed by atoms with van der Waals surface area (Å²) in [5.41, 5.74) is 0.315. The molecule has 0 aromatic carbocycles. The van der Waals surface area contributed by atoms with Crippen LogP contribution in [0.4, 0.5) is 0 Å². The first-order valence-electron chi connectivity index (χ1n) is 5.18. The van der Waals surface area contributed by atoms with E-state index in [1.165, 1.54) is 0 Å². The average Bonchev–Trinajstić information content (AvgIpc) is 2.46. The van der Waals surface area contributed by atoms with Gasteiger partial charge in [0.25, 0.3) is 0 Å². The molecule has 0 saturated carbocycles. The van der Waals surface area contributed by atoms with E-state index in [2.05, 4.69) is 33.0 Å². The highest BCUT2D eigenvalue weighted by Gasteiger charge is 2.14. The fraction of sp³-hybridized carbons (Fsp3) is 0.667. The molecule has 14 heavy (non-hydrogen) atoms. The molecule has 0 aliphatic carbocycles. The van der Waals surface area contributed by atoms with Gasteiger partial charge in [-0.3, -0.25) is 0 Å². The minimum atomic E-state index is 0.294. The van der Waals surface area contributed by atoms with Crippen LogP contribution >= 0.6 is 0 Å². The van der Waals surface area contributed by atoms with Gasteiger partial charge in [-0.1, -0.05) is 20.8 Å². The first-order chi connectivity index (χ1) is 6.38. The molecule has 1 atom stereocenters. The van der Waals surface area contributed by atoms with Gasteiger partial charge in [-0.15, -0.1) is 0 Å². The quantitative estimate of drug-likeness (QED) is 0.800. The molecule has 0 aliphatic rings. The Morgan fingerprint density at radius 3 is 2.43 bits per heavy atom. The first kappa shape index (κ1) is 11.3. The zero-order valence-corrected chi connectivity index (χ0v) is 9.85. The number of nitrogens with one attached hydrogen (secondary N) is 1. The zero-order valence-electron chi connectivity index (χ0n) is 9.85. The minimum Gasteiger partial charge on any atom is -0.465 e. The molecule has 1 N–H and O–H groups in total. The molecule has 0 aliphatic heterocycles. The topological polar surface area (TPSA) is 25.2 Å². The molecule has 1 heterocycles. The Hall–Kier alpha value is -0.760. The van der Waals surface area contributed by atoms with Crippen molar-refractivity contribution in [1.82, 2.24) is 5.32 Å². The first-order valence-corrected chi connectivity index (χ1v) is 5.18. The van der Waals surface area contributed by atoms with Crippen LogP contribution in [0.15, 0.2) is 16.5 Å². The summed E-state index contributed by atoms with van der Waals surface area (Å²) in [5, 5.41) is 3.46. The van der Waals surface area contributed by atoms with Crippen molar-refractivity contribution in [3.63, 3.8) is 0 Å². The van der Waals surface area contributed by atoms with Crippen LogP contribution in [-0.4, -0.2) is 6.54 Å². The van der Waals surface area contributed by atoms with Gasteiger partial charge in [-0.05, 0) is 31.4 Å². The third kappa shape index (κ3) is 3.54. The normalized spacial score (nSPS) is 14.4. The van der Waals surface area contributed by atoms with Crippen LogP contribution in [0.3, 0.4) is 0 Å². The molecule has 1 aromatic rings. The highest BCUT2D eigenvalue weighted by molar-refractivity contribution is 5.08. The predicted octanol–water partition coefficient (Wildman–Crippen LogP) is 3.28. The van der Waals surface area contributed by atoms with Gasteiger partial charge in [-0.2, -0.15) is 0 Å². The van der Waals surface area contributed by atoms with Gasteiger partial charge >= 0.3 is 0 Å². The summed E-state index contributed by atoms with van der Waals surface area (Å²) in [6, 6.07) is 4.34. The summed E-state index contributed by atoms with van der Waals surface area (Å²) in [6.45, 7) is 11.8. The van der Waals surface area contributed by atoms with Gasteiger partial charge < -0.3 is 9.73 Å². The van der Waals surface area contributed by atoms with E-state index in [9.17, 15) is 0 Å². The molecule has 0 fully saturated rings. The number of aryl methyl sites for hydroxylation is 1. The van der Waals surface area contributed by atoms with Crippen molar-refractivity contribution in [1.29, 1.82) is 0 Å². The Morgan fingerprint density at radius 1 is 1.36 bits per heavy atom. The lowest BCUT2D eigenvalue weighted by Gasteiger charge is -2.21. The standard InChI is InChI=1S/C12H21NO/c1-9-6-7-11(14-9)10(2)13-8-12(3,4)5/h6-7,10,13H,8H2,1-5H3. The summed E-state index contributed by atoms with van der Waals surface area (Å²) >= 11 is 0. The predicted molar refractivity (Wildman–Crippen MR) is 59.3 cm³/mol. The van der Waals surface area contributed by atoms with Crippen molar-refractivity contribution in [3.8, 4) is 0 Å². The molecule has 0 spiro atoms. The van der Waals surface area contributed by atoms with E-state index >= 15 is 0 Å². The third-order valence-electron chi connectivity index (χ3n) is 2.13. The molecule has 1 unspecified atom stereocenters. The number of furan rings is 1. The van der Waals surface area contributed by atoms with Gasteiger partial charge in [0.15, 0.2) is 0 Å². The summed E-state index contributed by atoms with van der Waals surface area (Å²) in [7, 11) is 0. The average molecular weight is 195 g/mol. The summed E-state index contributed by atoms with van der Waals surface area (Å²) in [4.78, 5) is 0. The SMILES string of the molecule is Cc1ccc(C(C)NCC(C)(C)C)o1. The van der Waals surface area contributed by atoms with Crippen LogP contribution in [0, 0.1) is 12.3 Å². The highest BCUT2D eigenvalue weighted by Crippen LogP contribution is 2.18. The van der Waals surface area contributed by atoms with E-state index < -0.39 is 0 Å². The van der Waals surface area contributed by atoms with E-state index in [-0.39, 0.29) is 0 Å². The maximum absolute atomic E-state index is 5.55. The summed E-state index contributed by atoms with van der Waals surface area (Å²) in [6.07, 6.45) is 0. The second-order valence-corrected chi connectivity index (χ2v) is 5.11. The lowest BCUT2D eigenvalue weighted by Crippen LogP contribution is -2.28. The van der Waals surface area contributed by atoms with Gasteiger partial charge in [0.1, 0.15) is 11.5 Å². The highest BCUT2D eigenvalue weighted by atomic mass is 16.3. The van der Waals surface area contributed by atoms with Gasteiger partial charge in [-0.25, -0.2) is 0 Å². The van der Waals surface area contributed by atoms with Crippen LogP contribution in [0.5, 0.6) is 0 Å². The van der Waals surface area contributed by atoms with Crippen molar-refractivity contribution >= 4 is 0 Å². The molecule has 80 valence electrons. The Balaban J connectivity index is 2.47. The van der Waals surface area contributed by atoms with Crippen LogP contribution in [0.25, 0.3) is 0 Å². The molecule has 0 bridgehead atoms. The molecule has 2 heteroatoms. The van der Waals surface area contributed by atoms with Gasteiger partial charge in [0, 0.05) is 6.54 Å². The summed E-state index contributed by atoms with van der Waals surface area (Å²) < 4.78 is 5.55. The van der Waals surface area contributed by atoms with Crippen molar-refractivity contribution < 1.29 is 4.42 Å². The molecular weight excluding hydrogens is 174 g/mol. The van der Waals surface area contributed by atoms with Crippen molar-refractivity contribution in [2.24, 2.45) is 5.41 Å². The zero-order chi connectivity index (χ0) is 10.8. The van der Waals surface area contributed by atoms with E-state index in [0.717, 1.165) is 18.1 Å². The lowest BCUT2D eigenvalue weighted by atomic mass is 9.96. The Bertz CT molecular complexity index is 283. The summed E-state index contributed by atoms with van der Waals surface area (Å²) in [5.74, 6) is 2.00. The van der Waals surface area contributed by atoms with Crippen molar-refractivity contribution in [3.05, 3.63) is 23.7 Å². The van der Waals surface area contributed by atoms with Crippen LogP contribution < -0.4 is 5.32 Å². The second-order valence-electron chi connectivity index (χ2n) is 5.11. The molecule has 0 amide bonds. The van der Waals surface area contributed by atoms with Gasteiger partial charge in [0.05, 0.1) is 6.04 Å². The maximum Gasteiger partial charge on any atom is 0.120 e. The second kappa shape index (κ2) is 4.18. The van der Waals surface area contributed by atoms with Crippen molar-refractivity contribution in [2.75, 3.05) is 6.54 Å². The molecule has 1 rings (SSSR count).